The summed E-state index contributed by atoms with van der Waals surface area (Å²) in [7, 11) is 2.25. The van der Waals surface area contributed by atoms with E-state index in [1.54, 1.807) is 0 Å². The molecule has 5 heteroatoms. The van der Waals surface area contributed by atoms with Crippen molar-refractivity contribution >= 4 is 11.6 Å². The number of aromatic amines is 1. The zero-order valence-corrected chi connectivity index (χ0v) is 15.2. The van der Waals surface area contributed by atoms with Crippen LogP contribution in [0, 0.1) is 11.3 Å². The van der Waals surface area contributed by atoms with E-state index in [4.69, 9.17) is 0 Å². The number of pyridine rings is 1. The summed E-state index contributed by atoms with van der Waals surface area (Å²) in [5, 5.41) is 13.3. The average molecular weight is 329 g/mol. The maximum absolute atomic E-state index is 9.77. The molecule has 0 radical (unpaired) electrons. The van der Waals surface area contributed by atoms with Crippen molar-refractivity contribution in [1.29, 1.82) is 5.26 Å². The van der Waals surface area contributed by atoms with Crippen molar-refractivity contribution in [1.82, 2.24) is 0 Å². The van der Waals surface area contributed by atoms with E-state index in [-0.39, 0.29) is 0 Å². The van der Waals surface area contributed by atoms with Crippen LogP contribution in [-0.2, 0) is 13.0 Å². The van der Waals surface area contributed by atoms with Crippen molar-refractivity contribution in [3.8, 4) is 6.07 Å². The van der Waals surface area contributed by atoms with Crippen molar-refractivity contribution in [2.75, 3.05) is 43.4 Å². The zero-order valence-electron chi connectivity index (χ0n) is 15.2. The van der Waals surface area contributed by atoms with Crippen LogP contribution in [0.2, 0.25) is 0 Å². The third-order valence-electron chi connectivity index (χ3n) is 5.34. The van der Waals surface area contributed by atoms with Gasteiger partial charge in [-0.3, -0.25) is 4.90 Å². The quantitative estimate of drug-likeness (QED) is 0.770. The lowest BCUT2D eigenvalue weighted by Gasteiger charge is -2.26. The Balaban J connectivity index is 1.96. The fourth-order valence-electron chi connectivity index (χ4n) is 3.95. The second-order valence-electron chi connectivity index (χ2n) is 7.25. The van der Waals surface area contributed by atoms with E-state index in [9.17, 15) is 5.26 Å². The molecule has 2 aliphatic heterocycles. The molecule has 1 aromatic rings. The van der Waals surface area contributed by atoms with E-state index in [1.165, 1.54) is 47.5 Å². The minimum absolute atomic E-state index is 0.844. The molecule has 1 fully saturated rings. The fraction of sp³-hybridized carbons (Fsp3) is 0.684. The van der Waals surface area contributed by atoms with Crippen molar-refractivity contribution in [3.63, 3.8) is 0 Å². The largest absolute Gasteiger partial charge is 0.333 e. The van der Waals surface area contributed by atoms with Crippen LogP contribution in [0.25, 0.3) is 0 Å². The molecule has 1 atom stereocenters. The summed E-state index contributed by atoms with van der Waals surface area (Å²) in [5.74, 6) is 2.20. The van der Waals surface area contributed by atoms with Crippen LogP contribution in [0.4, 0.5) is 11.6 Å². The SMILES string of the molecule is CCCCCNc1[nH+]c(N2CCCC2)c2c(c1C#N)CC[NH+](C)C2. The fourth-order valence-corrected chi connectivity index (χ4v) is 3.95. The maximum atomic E-state index is 9.77. The number of anilines is 2. The number of nitrogens with one attached hydrogen (secondary N) is 3. The first-order chi connectivity index (χ1) is 11.7. The highest BCUT2D eigenvalue weighted by molar-refractivity contribution is 5.61. The normalized spacial score (nSPS) is 19.9. The highest BCUT2D eigenvalue weighted by Gasteiger charge is 2.32. The molecule has 130 valence electrons. The molecular weight excluding hydrogens is 298 g/mol. The summed E-state index contributed by atoms with van der Waals surface area (Å²) in [6.07, 6.45) is 7.14. The molecule has 0 aromatic carbocycles. The minimum atomic E-state index is 0.844. The van der Waals surface area contributed by atoms with Gasteiger partial charge in [-0.25, -0.2) is 4.98 Å². The molecule has 2 aliphatic rings. The van der Waals surface area contributed by atoms with Gasteiger partial charge >= 0.3 is 0 Å². The Kier molecular flexibility index (Phi) is 5.57. The lowest BCUT2D eigenvalue weighted by molar-refractivity contribution is -0.895. The van der Waals surface area contributed by atoms with Gasteiger partial charge in [-0.15, -0.1) is 0 Å². The van der Waals surface area contributed by atoms with Crippen molar-refractivity contribution in [2.45, 2.75) is 52.0 Å². The molecule has 0 amide bonds. The minimum Gasteiger partial charge on any atom is -0.333 e. The number of H-pyrrole nitrogens is 1. The van der Waals surface area contributed by atoms with Gasteiger partial charge in [-0.2, -0.15) is 5.26 Å². The van der Waals surface area contributed by atoms with Crippen LogP contribution in [0.1, 0.15) is 55.7 Å². The van der Waals surface area contributed by atoms with Crippen molar-refractivity contribution in [3.05, 3.63) is 16.7 Å². The first-order valence-corrected chi connectivity index (χ1v) is 9.55. The van der Waals surface area contributed by atoms with Crippen LogP contribution in [0.3, 0.4) is 0 Å². The number of aromatic nitrogens is 1. The standard InChI is InChI=1S/C19H29N5/c1-3-4-5-9-21-18-16(13-20)15-8-12-23(2)14-17(15)19(22-18)24-10-6-7-11-24/h3-12,14H2,1-2H3,(H,21,22)/p+2. The smallest absolute Gasteiger partial charge is 0.237 e. The summed E-state index contributed by atoms with van der Waals surface area (Å²) >= 11 is 0. The first kappa shape index (κ1) is 17.0. The van der Waals surface area contributed by atoms with E-state index >= 15 is 0 Å². The van der Waals surface area contributed by atoms with Crippen LogP contribution in [0.15, 0.2) is 0 Å². The Morgan fingerprint density at radius 1 is 1.25 bits per heavy atom. The lowest BCUT2D eigenvalue weighted by atomic mass is 9.95. The van der Waals surface area contributed by atoms with Crippen molar-refractivity contribution < 1.29 is 9.88 Å². The molecule has 1 saturated heterocycles. The summed E-state index contributed by atoms with van der Waals surface area (Å²) in [6.45, 7) is 7.54. The molecule has 3 rings (SSSR count). The lowest BCUT2D eigenvalue weighted by Crippen LogP contribution is -3.08. The number of hydrogen-bond donors (Lipinski definition) is 2. The molecule has 0 saturated carbocycles. The molecule has 24 heavy (non-hydrogen) atoms. The highest BCUT2D eigenvalue weighted by Crippen LogP contribution is 2.29. The van der Waals surface area contributed by atoms with Gasteiger partial charge in [-0.05, 0) is 24.8 Å². The number of hydrogen-bond acceptors (Lipinski definition) is 3. The number of rotatable bonds is 6. The van der Waals surface area contributed by atoms with Crippen molar-refractivity contribution in [2.24, 2.45) is 0 Å². The monoisotopic (exact) mass is 329 g/mol. The number of likely N-dealkylation sites (N-methyl/N-ethyl adjacent to an activating group) is 1. The molecule has 0 aliphatic carbocycles. The second-order valence-corrected chi connectivity index (χ2v) is 7.25. The molecule has 0 bridgehead atoms. The molecule has 1 unspecified atom stereocenters. The summed E-state index contributed by atoms with van der Waals surface area (Å²) in [5.41, 5.74) is 3.50. The van der Waals surface area contributed by atoms with Gasteiger partial charge in [0.15, 0.2) is 0 Å². The molecule has 1 aromatic heterocycles. The predicted molar refractivity (Wildman–Crippen MR) is 96.3 cm³/mol. The molecule has 5 nitrogen and oxygen atoms in total. The van der Waals surface area contributed by atoms with Gasteiger partial charge in [0, 0.05) is 6.42 Å². The Bertz CT molecular complexity index is 613. The van der Waals surface area contributed by atoms with Gasteiger partial charge in [0.05, 0.1) is 38.8 Å². The van der Waals surface area contributed by atoms with Crippen LogP contribution >= 0.6 is 0 Å². The van der Waals surface area contributed by atoms with Gasteiger partial charge in [0.25, 0.3) is 0 Å². The Morgan fingerprint density at radius 2 is 2.04 bits per heavy atom. The molecule has 0 spiro atoms. The van der Waals surface area contributed by atoms with Crippen LogP contribution in [-0.4, -0.2) is 33.2 Å². The number of quaternary nitrogens is 1. The third-order valence-corrected chi connectivity index (χ3v) is 5.34. The molecule has 3 heterocycles. The van der Waals surface area contributed by atoms with Gasteiger partial charge in [0.2, 0.25) is 11.6 Å². The van der Waals surface area contributed by atoms with E-state index < -0.39 is 0 Å². The summed E-state index contributed by atoms with van der Waals surface area (Å²) in [6, 6.07) is 2.48. The zero-order chi connectivity index (χ0) is 16.9. The number of unbranched alkanes of at least 4 members (excludes halogenated alkanes) is 2. The molecule has 3 N–H and O–H groups in total. The van der Waals surface area contributed by atoms with Gasteiger partial charge in [-0.1, -0.05) is 19.8 Å². The van der Waals surface area contributed by atoms with E-state index in [0.717, 1.165) is 56.9 Å². The summed E-state index contributed by atoms with van der Waals surface area (Å²) in [4.78, 5) is 7.62. The number of nitrogens with zero attached hydrogens (tertiary/aromatic N) is 2. The Hall–Kier alpha value is -1.80. The Labute approximate surface area is 145 Å². The van der Waals surface area contributed by atoms with Crippen LogP contribution < -0.4 is 20.1 Å². The second kappa shape index (κ2) is 7.85. The van der Waals surface area contributed by atoms with Gasteiger partial charge in [0.1, 0.15) is 18.2 Å². The van der Waals surface area contributed by atoms with E-state index in [1.807, 2.05) is 0 Å². The Morgan fingerprint density at radius 3 is 2.75 bits per heavy atom. The summed E-state index contributed by atoms with van der Waals surface area (Å²) < 4.78 is 0. The first-order valence-electron chi connectivity index (χ1n) is 9.55. The average Bonchev–Trinajstić information content (AvgIpc) is 3.12. The topological polar surface area (TPSA) is 57.6 Å². The molecular formula is C19H31N5+2. The third kappa shape index (κ3) is 3.49. The van der Waals surface area contributed by atoms with E-state index in [0.29, 0.717) is 0 Å². The highest BCUT2D eigenvalue weighted by atomic mass is 15.2. The van der Waals surface area contributed by atoms with Gasteiger partial charge < -0.3 is 10.2 Å². The van der Waals surface area contributed by atoms with Crippen LogP contribution in [0.5, 0.6) is 0 Å². The maximum Gasteiger partial charge on any atom is 0.237 e. The van der Waals surface area contributed by atoms with E-state index in [2.05, 4.69) is 35.2 Å². The predicted octanol–water partition coefficient (Wildman–Crippen LogP) is 1.15. The number of nitriles is 1. The number of fused-ring (bicyclic) bond motifs is 1.